The SMILES string of the molecule is CCNC(=NCc1ncccc1C)NC1CCN(CC2CCCC2)C1. The Bertz CT molecular complexity index is 565. The molecule has 25 heavy (non-hydrogen) atoms. The third kappa shape index (κ3) is 5.43. The highest BCUT2D eigenvalue weighted by atomic mass is 15.2. The van der Waals surface area contributed by atoms with Gasteiger partial charge >= 0.3 is 0 Å². The van der Waals surface area contributed by atoms with Gasteiger partial charge in [0.05, 0.1) is 12.2 Å². The number of aliphatic imine (C=N–C) groups is 1. The minimum absolute atomic E-state index is 0.504. The van der Waals surface area contributed by atoms with Gasteiger partial charge in [-0.2, -0.15) is 0 Å². The van der Waals surface area contributed by atoms with E-state index in [1.807, 2.05) is 12.3 Å². The van der Waals surface area contributed by atoms with E-state index in [-0.39, 0.29) is 0 Å². The van der Waals surface area contributed by atoms with Crippen molar-refractivity contribution in [2.45, 2.75) is 58.5 Å². The Labute approximate surface area is 152 Å². The summed E-state index contributed by atoms with van der Waals surface area (Å²) in [5, 5.41) is 7.01. The highest BCUT2D eigenvalue weighted by Crippen LogP contribution is 2.26. The van der Waals surface area contributed by atoms with Crippen LogP contribution in [0.2, 0.25) is 0 Å². The maximum absolute atomic E-state index is 4.75. The van der Waals surface area contributed by atoms with Gasteiger partial charge in [0.2, 0.25) is 0 Å². The number of hydrogen-bond acceptors (Lipinski definition) is 3. The molecule has 1 aromatic heterocycles. The van der Waals surface area contributed by atoms with Crippen molar-refractivity contribution in [1.82, 2.24) is 20.5 Å². The zero-order valence-electron chi connectivity index (χ0n) is 15.8. The Kier molecular flexibility index (Phi) is 6.68. The predicted octanol–water partition coefficient (Wildman–Crippen LogP) is 2.71. The van der Waals surface area contributed by atoms with E-state index >= 15 is 0 Å². The third-order valence-electron chi connectivity index (χ3n) is 5.45. The van der Waals surface area contributed by atoms with Gasteiger partial charge in [0.25, 0.3) is 0 Å². The predicted molar refractivity (Wildman–Crippen MR) is 104 cm³/mol. The maximum Gasteiger partial charge on any atom is 0.191 e. The molecular weight excluding hydrogens is 310 g/mol. The number of aryl methyl sites for hydroxylation is 1. The average Bonchev–Trinajstić information content (AvgIpc) is 3.27. The topological polar surface area (TPSA) is 52.6 Å². The van der Waals surface area contributed by atoms with Crippen molar-refractivity contribution < 1.29 is 0 Å². The summed E-state index contributed by atoms with van der Waals surface area (Å²) in [6, 6.07) is 4.57. The van der Waals surface area contributed by atoms with E-state index in [1.165, 1.54) is 50.8 Å². The van der Waals surface area contributed by atoms with Crippen molar-refractivity contribution in [3.05, 3.63) is 29.6 Å². The number of nitrogens with zero attached hydrogens (tertiary/aromatic N) is 3. The molecule has 0 aromatic carbocycles. The van der Waals surface area contributed by atoms with Crippen LogP contribution >= 0.6 is 0 Å². The molecule has 1 atom stereocenters. The van der Waals surface area contributed by atoms with Gasteiger partial charge in [-0.25, -0.2) is 4.99 Å². The lowest BCUT2D eigenvalue weighted by Gasteiger charge is -2.21. The Morgan fingerprint density at radius 2 is 2.16 bits per heavy atom. The summed E-state index contributed by atoms with van der Waals surface area (Å²) >= 11 is 0. The van der Waals surface area contributed by atoms with E-state index in [2.05, 4.69) is 40.4 Å². The van der Waals surface area contributed by atoms with Crippen LogP contribution in [0.4, 0.5) is 0 Å². The molecule has 1 aliphatic heterocycles. The third-order valence-corrected chi connectivity index (χ3v) is 5.45. The monoisotopic (exact) mass is 343 g/mol. The summed E-state index contributed by atoms with van der Waals surface area (Å²) in [7, 11) is 0. The molecule has 0 radical (unpaired) electrons. The van der Waals surface area contributed by atoms with Gasteiger partial charge in [-0.3, -0.25) is 4.98 Å². The standard InChI is InChI=1S/C20H33N5/c1-3-21-20(23-13-19-16(2)7-6-11-22-19)24-18-10-12-25(15-18)14-17-8-4-5-9-17/h6-7,11,17-18H,3-5,8-10,12-15H2,1-2H3,(H2,21,23,24). The van der Waals surface area contributed by atoms with Gasteiger partial charge in [-0.05, 0) is 50.7 Å². The van der Waals surface area contributed by atoms with Gasteiger partial charge in [-0.1, -0.05) is 18.9 Å². The highest BCUT2D eigenvalue weighted by Gasteiger charge is 2.26. The number of aromatic nitrogens is 1. The van der Waals surface area contributed by atoms with Crippen molar-refractivity contribution in [2.24, 2.45) is 10.9 Å². The Morgan fingerprint density at radius 1 is 1.32 bits per heavy atom. The summed E-state index contributed by atoms with van der Waals surface area (Å²) in [6.07, 6.45) is 8.79. The molecule has 1 aliphatic carbocycles. The smallest absolute Gasteiger partial charge is 0.191 e. The highest BCUT2D eigenvalue weighted by molar-refractivity contribution is 5.80. The molecule has 1 unspecified atom stereocenters. The summed E-state index contributed by atoms with van der Waals surface area (Å²) in [6.45, 7) is 9.36. The molecule has 0 amide bonds. The Balaban J connectivity index is 1.51. The fourth-order valence-electron chi connectivity index (χ4n) is 4.03. The van der Waals surface area contributed by atoms with Crippen LogP contribution in [0.25, 0.3) is 0 Å². The average molecular weight is 344 g/mol. The van der Waals surface area contributed by atoms with E-state index < -0.39 is 0 Å². The largest absolute Gasteiger partial charge is 0.357 e. The molecule has 5 heteroatoms. The number of pyridine rings is 1. The van der Waals surface area contributed by atoms with Crippen LogP contribution in [0.5, 0.6) is 0 Å². The molecule has 138 valence electrons. The molecule has 1 saturated carbocycles. The number of nitrogens with one attached hydrogen (secondary N) is 2. The fourth-order valence-corrected chi connectivity index (χ4v) is 4.03. The quantitative estimate of drug-likeness (QED) is 0.616. The molecule has 1 aromatic rings. The lowest BCUT2D eigenvalue weighted by molar-refractivity contribution is 0.275. The van der Waals surface area contributed by atoms with Crippen molar-refractivity contribution in [3.63, 3.8) is 0 Å². The molecule has 2 fully saturated rings. The molecule has 2 heterocycles. The number of rotatable bonds is 6. The van der Waals surface area contributed by atoms with Gasteiger partial charge in [-0.15, -0.1) is 0 Å². The van der Waals surface area contributed by atoms with Crippen molar-refractivity contribution >= 4 is 5.96 Å². The van der Waals surface area contributed by atoms with Crippen molar-refractivity contribution in [3.8, 4) is 0 Å². The molecule has 2 aliphatic rings. The summed E-state index contributed by atoms with van der Waals surface area (Å²) in [5.74, 6) is 1.85. The second kappa shape index (κ2) is 9.18. The normalized spacial score (nSPS) is 22.5. The van der Waals surface area contributed by atoms with Gasteiger partial charge in [0.1, 0.15) is 0 Å². The lowest BCUT2D eigenvalue weighted by atomic mass is 10.1. The van der Waals surface area contributed by atoms with Crippen LogP contribution in [0.1, 0.15) is 50.3 Å². The first-order valence-corrected chi connectivity index (χ1v) is 9.92. The first-order valence-electron chi connectivity index (χ1n) is 9.92. The molecular formula is C20H33N5. The van der Waals surface area contributed by atoms with E-state index in [1.54, 1.807) is 0 Å². The molecule has 3 rings (SSSR count). The summed E-state index contributed by atoms with van der Waals surface area (Å²) in [4.78, 5) is 11.8. The van der Waals surface area contributed by atoms with Crippen LogP contribution < -0.4 is 10.6 Å². The maximum atomic E-state index is 4.75. The van der Waals surface area contributed by atoms with Gasteiger partial charge in [0.15, 0.2) is 5.96 Å². The van der Waals surface area contributed by atoms with Crippen molar-refractivity contribution in [1.29, 1.82) is 0 Å². The van der Waals surface area contributed by atoms with E-state index in [0.29, 0.717) is 12.6 Å². The first-order chi connectivity index (χ1) is 12.2. The molecule has 0 spiro atoms. The molecule has 2 N–H and O–H groups in total. The van der Waals surface area contributed by atoms with E-state index in [4.69, 9.17) is 4.99 Å². The second-order valence-corrected chi connectivity index (χ2v) is 7.50. The van der Waals surface area contributed by atoms with E-state index in [0.717, 1.165) is 30.7 Å². The molecule has 0 bridgehead atoms. The minimum atomic E-state index is 0.504. The van der Waals surface area contributed by atoms with Gasteiger partial charge in [0, 0.05) is 38.4 Å². The van der Waals surface area contributed by atoms with Crippen molar-refractivity contribution in [2.75, 3.05) is 26.2 Å². The molecule has 1 saturated heterocycles. The van der Waals surface area contributed by atoms with E-state index in [9.17, 15) is 0 Å². The first kappa shape index (κ1) is 18.2. The van der Waals surface area contributed by atoms with Crippen LogP contribution in [0, 0.1) is 12.8 Å². The second-order valence-electron chi connectivity index (χ2n) is 7.50. The zero-order valence-corrected chi connectivity index (χ0v) is 15.8. The van der Waals surface area contributed by atoms with Gasteiger partial charge < -0.3 is 15.5 Å². The van der Waals surface area contributed by atoms with Crippen LogP contribution in [0.15, 0.2) is 23.3 Å². The summed E-state index contributed by atoms with van der Waals surface area (Å²) < 4.78 is 0. The number of likely N-dealkylation sites (tertiary alicyclic amines) is 1. The number of guanidine groups is 1. The Hall–Kier alpha value is -1.62. The number of hydrogen-bond donors (Lipinski definition) is 2. The lowest BCUT2D eigenvalue weighted by Crippen LogP contribution is -2.44. The molecule has 5 nitrogen and oxygen atoms in total. The van der Waals surface area contributed by atoms with Crippen LogP contribution in [-0.2, 0) is 6.54 Å². The fraction of sp³-hybridized carbons (Fsp3) is 0.700. The summed E-state index contributed by atoms with van der Waals surface area (Å²) in [5.41, 5.74) is 2.25. The minimum Gasteiger partial charge on any atom is -0.357 e. The Morgan fingerprint density at radius 3 is 2.92 bits per heavy atom. The van der Waals surface area contributed by atoms with Crippen LogP contribution in [0.3, 0.4) is 0 Å². The zero-order chi connectivity index (χ0) is 17.5. The van der Waals surface area contributed by atoms with Crippen LogP contribution in [-0.4, -0.2) is 48.1 Å².